The van der Waals surface area contributed by atoms with E-state index in [1.165, 1.54) is 0 Å². The molecule has 128 valence electrons. The Morgan fingerprint density at radius 3 is 1.59 bits per heavy atom. The van der Waals surface area contributed by atoms with Crippen molar-refractivity contribution in [1.29, 1.82) is 0 Å². The molecule has 0 fully saturated rings. The van der Waals surface area contributed by atoms with Crippen LogP contribution in [-0.4, -0.2) is 15.2 Å². The molecule has 3 heteroatoms. The van der Waals surface area contributed by atoms with Gasteiger partial charge in [-0.05, 0) is 5.56 Å². The molecule has 5 aromatic rings. The summed E-state index contributed by atoms with van der Waals surface area (Å²) in [5.41, 5.74) is 6.11. The van der Waals surface area contributed by atoms with Crippen LogP contribution in [-0.2, 0) is 0 Å². The molecule has 0 spiro atoms. The third-order valence-electron chi connectivity index (χ3n) is 4.78. The first kappa shape index (κ1) is 15.5. The number of hydrogen-bond donors (Lipinski definition) is 1. The Kier molecular flexibility index (Phi) is 3.76. The zero-order valence-corrected chi connectivity index (χ0v) is 14.6. The Balaban J connectivity index is 1.85. The Bertz CT molecular complexity index is 1190. The maximum absolute atomic E-state index is 4.64. The molecular weight excluding hydrogens is 330 g/mol. The second-order valence-corrected chi connectivity index (χ2v) is 6.45. The van der Waals surface area contributed by atoms with Crippen LogP contribution in [0.4, 0.5) is 0 Å². The molecule has 0 saturated carbocycles. The molecule has 0 saturated heterocycles. The van der Waals surface area contributed by atoms with E-state index in [9.17, 15) is 0 Å². The largest absolute Gasteiger partial charge is 0.360 e. The van der Waals surface area contributed by atoms with Crippen molar-refractivity contribution in [3.05, 3.63) is 97.2 Å². The van der Waals surface area contributed by atoms with E-state index in [1.54, 1.807) is 0 Å². The van der Waals surface area contributed by atoms with Crippen LogP contribution in [0.15, 0.2) is 97.2 Å². The Morgan fingerprint density at radius 2 is 1.00 bits per heavy atom. The van der Waals surface area contributed by atoms with Crippen molar-refractivity contribution in [3.8, 4) is 33.8 Å². The van der Waals surface area contributed by atoms with E-state index >= 15 is 0 Å². The van der Waals surface area contributed by atoms with Crippen LogP contribution >= 0.6 is 0 Å². The van der Waals surface area contributed by atoms with E-state index in [2.05, 4.69) is 63.7 Å². The number of fused-ring (bicyclic) bond motifs is 1. The van der Waals surface area contributed by atoms with Gasteiger partial charge in [0.2, 0.25) is 0 Å². The minimum absolute atomic E-state index is 0.892. The molecule has 27 heavy (non-hydrogen) atoms. The van der Waals surface area contributed by atoms with Crippen LogP contribution in [0.1, 0.15) is 0 Å². The molecule has 0 unspecified atom stereocenters. The summed E-state index contributed by atoms with van der Waals surface area (Å²) in [4.78, 5) is 3.47. The van der Waals surface area contributed by atoms with Gasteiger partial charge in [-0.25, -0.2) is 0 Å². The van der Waals surface area contributed by atoms with Crippen LogP contribution in [0.5, 0.6) is 0 Å². The monoisotopic (exact) mass is 347 g/mol. The van der Waals surface area contributed by atoms with Gasteiger partial charge in [0.25, 0.3) is 0 Å². The summed E-state index contributed by atoms with van der Waals surface area (Å²) >= 11 is 0. The van der Waals surface area contributed by atoms with Crippen molar-refractivity contribution in [1.82, 2.24) is 15.2 Å². The number of rotatable bonds is 3. The van der Waals surface area contributed by atoms with Gasteiger partial charge in [0.15, 0.2) is 0 Å². The highest BCUT2D eigenvalue weighted by molar-refractivity contribution is 6.09. The molecule has 2 aromatic heterocycles. The van der Waals surface area contributed by atoms with E-state index in [-0.39, 0.29) is 0 Å². The van der Waals surface area contributed by atoms with E-state index < -0.39 is 0 Å². The molecule has 0 amide bonds. The Hall–Kier alpha value is -3.72. The van der Waals surface area contributed by atoms with Gasteiger partial charge < -0.3 is 4.98 Å². The lowest BCUT2D eigenvalue weighted by atomic mass is 10.00. The fraction of sp³-hybridized carbons (Fsp3) is 0. The molecule has 0 bridgehead atoms. The zero-order chi connectivity index (χ0) is 18.1. The summed E-state index contributed by atoms with van der Waals surface area (Å²) in [5.74, 6) is 0. The van der Waals surface area contributed by atoms with Crippen LogP contribution in [0.25, 0.3) is 44.5 Å². The third-order valence-corrected chi connectivity index (χ3v) is 4.78. The van der Waals surface area contributed by atoms with Crippen molar-refractivity contribution < 1.29 is 0 Å². The van der Waals surface area contributed by atoms with E-state index in [4.69, 9.17) is 0 Å². The van der Waals surface area contributed by atoms with Crippen molar-refractivity contribution in [3.63, 3.8) is 0 Å². The zero-order valence-electron chi connectivity index (χ0n) is 14.6. The molecule has 0 aliphatic carbocycles. The van der Waals surface area contributed by atoms with Gasteiger partial charge >= 0.3 is 0 Å². The highest BCUT2D eigenvalue weighted by atomic mass is 15.1. The number of benzene rings is 3. The minimum Gasteiger partial charge on any atom is -0.360 e. The van der Waals surface area contributed by atoms with Gasteiger partial charge in [-0.15, -0.1) is 10.2 Å². The van der Waals surface area contributed by atoms with Gasteiger partial charge in [-0.1, -0.05) is 91.0 Å². The predicted octanol–water partition coefficient (Wildman–Crippen LogP) is 5.96. The predicted molar refractivity (Wildman–Crippen MR) is 110 cm³/mol. The number of nitrogens with zero attached hydrogens (tertiary/aromatic N) is 2. The summed E-state index contributed by atoms with van der Waals surface area (Å²) in [6.45, 7) is 0. The average molecular weight is 347 g/mol. The average Bonchev–Trinajstić information content (AvgIpc) is 3.20. The lowest BCUT2D eigenvalue weighted by Gasteiger charge is -2.09. The SMILES string of the molecule is c1ccc(-c2nnc(-c3ccccc3)c3c(-c4ccccc4)[nH]cc23)cc1. The van der Waals surface area contributed by atoms with Crippen LogP contribution in [0.2, 0.25) is 0 Å². The van der Waals surface area contributed by atoms with Gasteiger partial charge in [-0.3, -0.25) is 0 Å². The highest BCUT2D eigenvalue weighted by Gasteiger charge is 2.18. The lowest BCUT2D eigenvalue weighted by Crippen LogP contribution is -1.94. The van der Waals surface area contributed by atoms with Crippen molar-refractivity contribution in [2.45, 2.75) is 0 Å². The Morgan fingerprint density at radius 1 is 0.519 bits per heavy atom. The molecule has 3 nitrogen and oxygen atoms in total. The molecule has 3 aromatic carbocycles. The number of aromatic amines is 1. The van der Waals surface area contributed by atoms with Crippen LogP contribution in [0, 0.1) is 0 Å². The molecular formula is C24H17N3. The van der Waals surface area contributed by atoms with E-state index in [0.29, 0.717) is 0 Å². The standard InChI is InChI=1S/C24H17N3/c1-4-10-17(11-5-1)22-20-16-25-23(18-12-6-2-7-13-18)21(20)24(27-26-22)19-14-8-3-9-15-19/h1-16,25H. The highest BCUT2D eigenvalue weighted by Crippen LogP contribution is 2.38. The third kappa shape index (κ3) is 2.70. The molecule has 5 rings (SSSR count). The topological polar surface area (TPSA) is 41.6 Å². The van der Waals surface area contributed by atoms with Crippen LogP contribution in [0.3, 0.4) is 0 Å². The maximum Gasteiger partial charge on any atom is 0.103 e. The first-order chi connectivity index (χ1) is 13.4. The summed E-state index contributed by atoms with van der Waals surface area (Å²) in [7, 11) is 0. The molecule has 2 heterocycles. The van der Waals surface area contributed by atoms with Crippen molar-refractivity contribution >= 4 is 10.8 Å². The van der Waals surface area contributed by atoms with E-state index in [0.717, 1.165) is 44.5 Å². The van der Waals surface area contributed by atoms with Gasteiger partial charge in [0.05, 0.1) is 5.69 Å². The van der Waals surface area contributed by atoms with Crippen molar-refractivity contribution in [2.75, 3.05) is 0 Å². The van der Waals surface area contributed by atoms with Crippen LogP contribution < -0.4 is 0 Å². The first-order valence-corrected chi connectivity index (χ1v) is 8.96. The molecule has 1 N–H and O–H groups in total. The normalized spacial score (nSPS) is 11.0. The fourth-order valence-corrected chi connectivity index (χ4v) is 3.50. The van der Waals surface area contributed by atoms with Gasteiger partial charge in [-0.2, -0.15) is 0 Å². The molecule has 0 aliphatic rings. The molecule has 0 atom stereocenters. The number of aromatic nitrogens is 3. The van der Waals surface area contributed by atoms with Gasteiger partial charge in [0.1, 0.15) is 11.4 Å². The summed E-state index contributed by atoms with van der Waals surface area (Å²) < 4.78 is 0. The van der Waals surface area contributed by atoms with Gasteiger partial charge in [0, 0.05) is 28.1 Å². The number of hydrogen-bond acceptors (Lipinski definition) is 2. The smallest absolute Gasteiger partial charge is 0.103 e. The summed E-state index contributed by atoms with van der Waals surface area (Å²) in [6.07, 6.45) is 2.04. The summed E-state index contributed by atoms with van der Waals surface area (Å²) in [6, 6.07) is 30.8. The number of nitrogens with one attached hydrogen (secondary N) is 1. The molecule has 0 aliphatic heterocycles. The van der Waals surface area contributed by atoms with Crippen molar-refractivity contribution in [2.24, 2.45) is 0 Å². The lowest BCUT2D eigenvalue weighted by molar-refractivity contribution is 1.06. The molecule has 0 radical (unpaired) electrons. The fourth-order valence-electron chi connectivity index (χ4n) is 3.50. The quantitative estimate of drug-likeness (QED) is 0.437. The minimum atomic E-state index is 0.892. The first-order valence-electron chi connectivity index (χ1n) is 8.96. The second-order valence-electron chi connectivity index (χ2n) is 6.45. The second kappa shape index (κ2) is 6.54. The Labute approximate surface area is 157 Å². The maximum atomic E-state index is 4.64. The summed E-state index contributed by atoms with van der Waals surface area (Å²) in [5, 5.41) is 11.4. The number of H-pyrrole nitrogens is 1. The van der Waals surface area contributed by atoms with E-state index in [1.807, 2.05) is 48.7 Å².